The van der Waals surface area contributed by atoms with E-state index in [1.54, 1.807) is 0 Å². The molecule has 5 heteroatoms. The zero-order valence-corrected chi connectivity index (χ0v) is 8.50. The minimum atomic E-state index is -3.00. The van der Waals surface area contributed by atoms with Gasteiger partial charge in [0.1, 0.15) is 0 Å². The molecule has 0 heterocycles. The SMILES string of the molecule is O=S(=O)(CCCCCl)NC1CC1. The van der Waals surface area contributed by atoms with Crippen molar-refractivity contribution in [3.8, 4) is 0 Å². The van der Waals surface area contributed by atoms with E-state index >= 15 is 0 Å². The third-order valence-corrected chi connectivity index (χ3v) is 3.51. The Morgan fingerprint density at radius 2 is 2.00 bits per heavy atom. The van der Waals surface area contributed by atoms with Crippen LogP contribution in [0, 0.1) is 0 Å². The van der Waals surface area contributed by atoms with Crippen molar-refractivity contribution in [2.75, 3.05) is 11.6 Å². The molecule has 72 valence electrons. The Morgan fingerprint density at radius 3 is 2.50 bits per heavy atom. The van der Waals surface area contributed by atoms with Gasteiger partial charge in [0.25, 0.3) is 0 Å². The minimum absolute atomic E-state index is 0.218. The summed E-state index contributed by atoms with van der Waals surface area (Å²) in [6.45, 7) is 0. The van der Waals surface area contributed by atoms with Gasteiger partial charge < -0.3 is 0 Å². The Balaban J connectivity index is 2.17. The predicted octanol–water partition coefficient (Wildman–Crippen LogP) is 1.09. The molecular formula is C7H14ClNO2S. The van der Waals surface area contributed by atoms with Crippen molar-refractivity contribution in [2.45, 2.75) is 31.7 Å². The summed E-state index contributed by atoms with van der Waals surface area (Å²) < 4.78 is 25.0. The van der Waals surface area contributed by atoms with Gasteiger partial charge in [0.05, 0.1) is 5.75 Å². The molecule has 0 unspecified atom stereocenters. The Hall–Kier alpha value is 0.200. The van der Waals surface area contributed by atoms with E-state index in [4.69, 9.17) is 11.6 Å². The molecule has 1 N–H and O–H groups in total. The van der Waals surface area contributed by atoms with E-state index in [0.29, 0.717) is 12.3 Å². The molecule has 0 atom stereocenters. The summed E-state index contributed by atoms with van der Waals surface area (Å²) in [7, 11) is -3.00. The second-order valence-electron chi connectivity index (χ2n) is 3.11. The molecule has 0 amide bonds. The third-order valence-electron chi connectivity index (χ3n) is 1.72. The number of hydrogen-bond acceptors (Lipinski definition) is 2. The van der Waals surface area contributed by atoms with E-state index in [1.807, 2.05) is 0 Å². The molecule has 1 rings (SSSR count). The highest BCUT2D eigenvalue weighted by Gasteiger charge is 2.26. The molecule has 0 radical (unpaired) electrons. The highest BCUT2D eigenvalue weighted by molar-refractivity contribution is 7.89. The monoisotopic (exact) mass is 211 g/mol. The first-order chi connectivity index (χ1) is 5.64. The van der Waals surface area contributed by atoms with Gasteiger partial charge in [-0.15, -0.1) is 11.6 Å². The number of unbranched alkanes of at least 4 members (excludes halogenated alkanes) is 1. The summed E-state index contributed by atoms with van der Waals surface area (Å²) in [6, 6.07) is 0.228. The van der Waals surface area contributed by atoms with Crippen LogP contribution in [0.5, 0.6) is 0 Å². The Morgan fingerprint density at radius 1 is 1.33 bits per heavy atom. The number of hydrogen-bond donors (Lipinski definition) is 1. The van der Waals surface area contributed by atoms with Crippen LogP contribution in [0.2, 0.25) is 0 Å². The standard InChI is InChI=1S/C7H14ClNO2S/c8-5-1-2-6-12(10,11)9-7-3-4-7/h7,9H,1-6H2. The first-order valence-electron chi connectivity index (χ1n) is 4.20. The van der Waals surface area contributed by atoms with E-state index in [-0.39, 0.29) is 11.8 Å². The van der Waals surface area contributed by atoms with Gasteiger partial charge in [-0.1, -0.05) is 0 Å². The Labute approximate surface area is 78.5 Å². The van der Waals surface area contributed by atoms with Gasteiger partial charge in [0, 0.05) is 11.9 Å². The van der Waals surface area contributed by atoms with Gasteiger partial charge in [-0.05, 0) is 25.7 Å². The zero-order chi connectivity index (χ0) is 9.03. The van der Waals surface area contributed by atoms with Gasteiger partial charge in [-0.3, -0.25) is 0 Å². The van der Waals surface area contributed by atoms with Crippen molar-refractivity contribution in [1.82, 2.24) is 4.72 Å². The van der Waals surface area contributed by atoms with Crippen LogP contribution in [0.1, 0.15) is 25.7 Å². The summed E-state index contributed by atoms with van der Waals surface area (Å²) in [4.78, 5) is 0. The molecule has 0 aliphatic heterocycles. The summed E-state index contributed by atoms with van der Waals surface area (Å²) >= 11 is 5.43. The predicted molar refractivity (Wildman–Crippen MR) is 49.9 cm³/mol. The largest absolute Gasteiger partial charge is 0.212 e. The summed E-state index contributed by atoms with van der Waals surface area (Å²) in [5.41, 5.74) is 0. The van der Waals surface area contributed by atoms with Crippen LogP contribution in [0.15, 0.2) is 0 Å². The molecule has 1 aliphatic rings. The van der Waals surface area contributed by atoms with Crippen molar-refractivity contribution in [1.29, 1.82) is 0 Å². The highest BCUT2D eigenvalue weighted by Crippen LogP contribution is 2.19. The molecule has 1 fully saturated rings. The fourth-order valence-electron chi connectivity index (χ4n) is 0.901. The smallest absolute Gasteiger partial charge is 0.211 e. The van der Waals surface area contributed by atoms with E-state index in [0.717, 1.165) is 19.3 Å². The van der Waals surface area contributed by atoms with Crippen LogP contribution in [-0.2, 0) is 10.0 Å². The quantitative estimate of drug-likeness (QED) is 0.528. The van der Waals surface area contributed by atoms with Crippen molar-refractivity contribution >= 4 is 21.6 Å². The van der Waals surface area contributed by atoms with Gasteiger partial charge >= 0.3 is 0 Å². The summed E-state index contributed by atoms with van der Waals surface area (Å²) in [5.74, 6) is 0.759. The Bertz CT molecular complexity index is 224. The first-order valence-corrected chi connectivity index (χ1v) is 6.39. The first kappa shape index (κ1) is 10.3. The number of rotatable bonds is 6. The minimum Gasteiger partial charge on any atom is -0.212 e. The van der Waals surface area contributed by atoms with Crippen molar-refractivity contribution in [3.05, 3.63) is 0 Å². The fraction of sp³-hybridized carbons (Fsp3) is 1.00. The molecule has 1 saturated carbocycles. The second kappa shape index (κ2) is 4.44. The average molecular weight is 212 g/mol. The molecule has 3 nitrogen and oxygen atoms in total. The van der Waals surface area contributed by atoms with Crippen LogP contribution in [0.3, 0.4) is 0 Å². The lowest BCUT2D eigenvalue weighted by atomic mass is 10.4. The van der Waals surface area contributed by atoms with E-state index in [2.05, 4.69) is 4.72 Å². The van der Waals surface area contributed by atoms with Crippen molar-refractivity contribution in [3.63, 3.8) is 0 Å². The number of alkyl halides is 1. The van der Waals surface area contributed by atoms with Crippen LogP contribution >= 0.6 is 11.6 Å². The maximum absolute atomic E-state index is 11.2. The fourth-order valence-corrected chi connectivity index (χ4v) is 2.54. The van der Waals surface area contributed by atoms with Crippen LogP contribution in [-0.4, -0.2) is 26.1 Å². The molecule has 12 heavy (non-hydrogen) atoms. The summed E-state index contributed by atoms with van der Waals surface area (Å²) in [6.07, 6.45) is 3.42. The topological polar surface area (TPSA) is 46.2 Å². The zero-order valence-electron chi connectivity index (χ0n) is 6.92. The lowest BCUT2D eigenvalue weighted by Gasteiger charge is -2.03. The van der Waals surface area contributed by atoms with Crippen LogP contribution < -0.4 is 4.72 Å². The maximum Gasteiger partial charge on any atom is 0.211 e. The van der Waals surface area contributed by atoms with Gasteiger partial charge in [0.2, 0.25) is 10.0 Å². The number of sulfonamides is 1. The maximum atomic E-state index is 11.2. The van der Waals surface area contributed by atoms with Gasteiger partial charge in [0.15, 0.2) is 0 Å². The van der Waals surface area contributed by atoms with Crippen molar-refractivity contribution in [2.24, 2.45) is 0 Å². The molecular weight excluding hydrogens is 198 g/mol. The van der Waals surface area contributed by atoms with Gasteiger partial charge in [-0.2, -0.15) is 0 Å². The third kappa shape index (κ3) is 4.28. The van der Waals surface area contributed by atoms with Crippen molar-refractivity contribution < 1.29 is 8.42 Å². The highest BCUT2D eigenvalue weighted by atomic mass is 35.5. The molecule has 0 aromatic carbocycles. The van der Waals surface area contributed by atoms with E-state index < -0.39 is 10.0 Å². The number of nitrogens with one attached hydrogen (secondary N) is 1. The average Bonchev–Trinajstić information content (AvgIpc) is 2.71. The molecule has 1 aliphatic carbocycles. The van der Waals surface area contributed by atoms with E-state index in [9.17, 15) is 8.42 Å². The molecule has 0 aromatic rings. The molecule has 0 aromatic heterocycles. The lowest BCUT2D eigenvalue weighted by Crippen LogP contribution is -2.28. The normalized spacial score (nSPS) is 18.1. The molecule has 0 saturated heterocycles. The lowest BCUT2D eigenvalue weighted by molar-refractivity contribution is 0.578. The second-order valence-corrected chi connectivity index (χ2v) is 5.36. The molecule has 0 spiro atoms. The molecule has 0 bridgehead atoms. The van der Waals surface area contributed by atoms with Gasteiger partial charge in [-0.25, -0.2) is 13.1 Å². The van der Waals surface area contributed by atoms with Crippen LogP contribution in [0.25, 0.3) is 0 Å². The van der Waals surface area contributed by atoms with Crippen LogP contribution in [0.4, 0.5) is 0 Å². The summed E-state index contributed by atoms with van der Waals surface area (Å²) in [5, 5.41) is 0. The number of halogens is 1. The Kier molecular flexibility index (Phi) is 3.80. The van der Waals surface area contributed by atoms with E-state index in [1.165, 1.54) is 0 Å².